The molecule has 0 fully saturated rings. The van der Waals surface area contributed by atoms with Crippen molar-refractivity contribution in [1.82, 2.24) is 0 Å². The molecule has 0 radical (unpaired) electrons. The first kappa shape index (κ1) is 12.8. The van der Waals surface area contributed by atoms with Gasteiger partial charge in [0.05, 0.1) is 18.7 Å². The smallest absolute Gasteiger partial charge is 0.327 e. The number of rotatable bonds is 4. The van der Waals surface area contributed by atoms with Crippen LogP contribution in [-0.4, -0.2) is 26.2 Å². The highest BCUT2D eigenvalue weighted by molar-refractivity contribution is 9.10. The van der Waals surface area contributed by atoms with Crippen molar-refractivity contribution in [2.75, 3.05) is 19.5 Å². The molecule has 0 amide bonds. The lowest BCUT2D eigenvalue weighted by atomic mass is 10.2. The van der Waals surface area contributed by atoms with Gasteiger partial charge in [0.1, 0.15) is 11.8 Å². The first-order valence-electron chi connectivity index (χ1n) is 4.76. The lowest BCUT2D eigenvalue weighted by Gasteiger charge is -2.13. The summed E-state index contributed by atoms with van der Waals surface area (Å²) in [5.74, 6) is 0.447. The fraction of sp³-hybridized carbons (Fsp3) is 0.364. The molecule has 0 heterocycles. The second kappa shape index (κ2) is 5.75. The van der Waals surface area contributed by atoms with Crippen LogP contribution in [0.1, 0.15) is 6.92 Å². The van der Waals surface area contributed by atoms with Gasteiger partial charge in [-0.15, -0.1) is 0 Å². The Labute approximate surface area is 103 Å². The van der Waals surface area contributed by atoms with E-state index in [-0.39, 0.29) is 12.0 Å². The lowest BCUT2D eigenvalue weighted by molar-refractivity contribution is -0.141. The van der Waals surface area contributed by atoms with E-state index in [0.717, 1.165) is 15.9 Å². The summed E-state index contributed by atoms with van der Waals surface area (Å²) in [4.78, 5) is 11.2. The van der Waals surface area contributed by atoms with Crippen LogP contribution in [0.15, 0.2) is 22.7 Å². The molecule has 0 aliphatic rings. The number of carbonyl (C=O) groups is 1. The Morgan fingerprint density at radius 2 is 2.12 bits per heavy atom. The summed E-state index contributed by atoms with van der Waals surface area (Å²) in [6.07, 6.45) is 0. The Balaban J connectivity index is 2.75. The van der Waals surface area contributed by atoms with Crippen molar-refractivity contribution < 1.29 is 14.3 Å². The van der Waals surface area contributed by atoms with E-state index in [2.05, 4.69) is 26.0 Å². The molecule has 1 atom stereocenters. The molecule has 1 aromatic rings. The second-order valence-electron chi connectivity index (χ2n) is 3.24. The second-order valence-corrected chi connectivity index (χ2v) is 4.09. The van der Waals surface area contributed by atoms with Crippen LogP contribution in [-0.2, 0) is 9.53 Å². The zero-order valence-corrected chi connectivity index (χ0v) is 11.0. The van der Waals surface area contributed by atoms with Gasteiger partial charge < -0.3 is 14.8 Å². The molecule has 16 heavy (non-hydrogen) atoms. The zero-order valence-electron chi connectivity index (χ0n) is 9.41. The van der Waals surface area contributed by atoms with Gasteiger partial charge >= 0.3 is 5.97 Å². The highest BCUT2D eigenvalue weighted by atomic mass is 79.9. The lowest BCUT2D eigenvalue weighted by Crippen LogP contribution is -2.27. The number of nitrogens with one attached hydrogen (secondary N) is 1. The predicted octanol–water partition coefficient (Wildman–Crippen LogP) is 2.43. The Hall–Kier alpha value is -1.23. The molecule has 1 unspecified atom stereocenters. The van der Waals surface area contributed by atoms with Crippen LogP contribution in [0.4, 0.5) is 5.69 Å². The monoisotopic (exact) mass is 287 g/mol. The van der Waals surface area contributed by atoms with E-state index in [1.165, 1.54) is 7.11 Å². The van der Waals surface area contributed by atoms with Crippen molar-refractivity contribution in [3.8, 4) is 5.75 Å². The summed E-state index contributed by atoms with van der Waals surface area (Å²) in [6.45, 7) is 1.74. The van der Waals surface area contributed by atoms with Crippen molar-refractivity contribution in [1.29, 1.82) is 0 Å². The van der Waals surface area contributed by atoms with Crippen molar-refractivity contribution in [2.45, 2.75) is 13.0 Å². The highest BCUT2D eigenvalue weighted by Crippen LogP contribution is 2.27. The van der Waals surface area contributed by atoms with Crippen LogP contribution in [0, 0.1) is 0 Å². The van der Waals surface area contributed by atoms with Gasteiger partial charge in [-0.25, -0.2) is 4.79 Å². The average Bonchev–Trinajstić information content (AvgIpc) is 2.28. The summed E-state index contributed by atoms with van der Waals surface area (Å²) in [5, 5.41) is 3.02. The van der Waals surface area contributed by atoms with Crippen molar-refractivity contribution >= 4 is 27.6 Å². The molecule has 0 bridgehead atoms. The molecule has 0 aliphatic carbocycles. The molecule has 5 heteroatoms. The normalized spacial score (nSPS) is 11.8. The molecular weight excluding hydrogens is 274 g/mol. The number of ether oxygens (including phenoxy) is 2. The third-order valence-corrected chi connectivity index (χ3v) is 2.71. The summed E-state index contributed by atoms with van der Waals surface area (Å²) in [5.41, 5.74) is 0.825. The number of hydrogen-bond acceptors (Lipinski definition) is 4. The molecule has 0 aliphatic heterocycles. The van der Waals surface area contributed by atoms with Gasteiger partial charge in [-0.2, -0.15) is 0 Å². The summed E-state index contributed by atoms with van der Waals surface area (Å²) < 4.78 is 10.6. The van der Waals surface area contributed by atoms with E-state index >= 15 is 0 Å². The Morgan fingerprint density at radius 3 is 2.62 bits per heavy atom. The van der Waals surface area contributed by atoms with Crippen LogP contribution in [0.25, 0.3) is 0 Å². The standard InChI is InChI=1S/C11H14BrNO3/c1-7(11(14)16-3)13-8-4-5-10(15-2)9(12)6-8/h4-7,13H,1-3H3. The molecule has 0 aromatic heterocycles. The summed E-state index contributed by atoms with van der Waals surface area (Å²) in [6, 6.07) is 5.11. The number of carbonyl (C=O) groups excluding carboxylic acids is 1. The largest absolute Gasteiger partial charge is 0.496 e. The highest BCUT2D eigenvalue weighted by Gasteiger charge is 2.12. The van der Waals surface area contributed by atoms with Crippen LogP contribution < -0.4 is 10.1 Å². The SMILES string of the molecule is COC(=O)C(C)Nc1ccc(OC)c(Br)c1. The number of hydrogen-bond donors (Lipinski definition) is 1. The molecule has 4 nitrogen and oxygen atoms in total. The fourth-order valence-electron chi connectivity index (χ4n) is 1.24. The minimum atomic E-state index is -0.384. The molecule has 0 saturated carbocycles. The van der Waals surface area contributed by atoms with Gasteiger partial charge in [-0.05, 0) is 41.1 Å². The fourth-order valence-corrected chi connectivity index (χ4v) is 1.78. The van der Waals surface area contributed by atoms with Crippen LogP contribution >= 0.6 is 15.9 Å². The third kappa shape index (κ3) is 3.13. The Kier molecular flexibility index (Phi) is 4.61. The number of benzene rings is 1. The van der Waals surface area contributed by atoms with E-state index in [4.69, 9.17) is 4.74 Å². The minimum absolute atomic E-state index is 0.299. The minimum Gasteiger partial charge on any atom is -0.496 e. The molecule has 0 saturated heterocycles. The third-order valence-electron chi connectivity index (χ3n) is 2.09. The van der Waals surface area contributed by atoms with E-state index < -0.39 is 0 Å². The van der Waals surface area contributed by atoms with Crippen molar-refractivity contribution in [2.24, 2.45) is 0 Å². The molecule has 1 aromatic carbocycles. The van der Waals surface area contributed by atoms with E-state index in [1.807, 2.05) is 18.2 Å². The maximum atomic E-state index is 11.2. The first-order chi connectivity index (χ1) is 7.58. The van der Waals surface area contributed by atoms with E-state index in [0.29, 0.717) is 0 Å². The van der Waals surface area contributed by atoms with Gasteiger partial charge in [-0.1, -0.05) is 0 Å². The Morgan fingerprint density at radius 1 is 1.44 bits per heavy atom. The maximum Gasteiger partial charge on any atom is 0.327 e. The van der Waals surface area contributed by atoms with E-state index in [1.54, 1.807) is 14.0 Å². The number of esters is 1. The molecule has 1 rings (SSSR count). The number of anilines is 1. The Bertz CT molecular complexity index is 381. The quantitative estimate of drug-likeness (QED) is 0.864. The van der Waals surface area contributed by atoms with Gasteiger partial charge in [-0.3, -0.25) is 0 Å². The van der Waals surface area contributed by atoms with Crippen LogP contribution in [0.5, 0.6) is 5.75 Å². The van der Waals surface area contributed by atoms with E-state index in [9.17, 15) is 4.79 Å². The number of methoxy groups -OCH3 is 2. The van der Waals surface area contributed by atoms with Gasteiger partial charge in [0.15, 0.2) is 0 Å². The molecule has 88 valence electrons. The first-order valence-corrected chi connectivity index (χ1v) is 5.55. The topological polar surface area (TPSA) is 47.6 Å². The average molecular weight is 288 g/mol. The van der Waals surface area contributed by atoms with Gasteiger partial charge in [0.2, 0.25) is 0 Å². The summed E-state index contributed by atoms with van der Waals surface area (Å²) >= 11 is 3.37. The molecular formula is C11H14BrNO3. The van der Waals surface area contributed by atoms with Crippen LogP contribution in [0.3, 0.4) is 0 Å². The number of halogens is 1. The van der Waals surface area contributed by atoms with Crippen molar-refractivity contribution in [3.05, 3.63) is 22.7 Å². The predicted molar refractivity (Wildman–Crippen MR) is 65.8 cm³/mol. The van der Waals surface area contributed by atoms with Gasteiger partial charge in [0.25, 0.3) is 0 Å². The summed E-state index contributed by atoms with van der Waals surface area (Å²) in [7, 11) is 2.97. The molecule has 1 N–H and O–H groups in total. The van der Waals surface area contributed by atoms with Crippen LogP contribution in [0.2, 0.25) is 0 Å². The molecule has 0 spiro atoms. The maximum absolute atomic E-state index is 11.2. The zero-order chi connectivity index (χ0) is 12.1. The van der Waals surface area contributed by atoms with Crippen molar-refractivity contribution in [3.63, 3.8) is 0 Å². The van der Waals surface area contributed by atoms with Gasteiger partial charge in [0, 0.05) is 5.69 Å².